The predicted molar refractivity (Wildman–Crippen MR) is 77.6 cm³/mol. The van der Waals surface area contributed by atoms with Gasteiger partial charge >= 0.3 is 0 Å². The quantitative estimate of drug-likeness (QED) is 0.733. The number of phenolic OH excluding ortho intramolecular Hbond substituents is 1. The summed E-state index contributed by atoms with van der Waals surface area (Å²) in [5, 5.41) is 10.0. The van der Waals surface area contributed by atoms with E-state index in [4.69, 9.17) is 0 Å². The summed E-state index contributed by atoms with van der Waals surface area (Å²) in [5.74, 6) is 0.510. The van der Waals surface area contributed by atoms with Crippen LogP contribution in [0.25, 0.3) is 0 Å². The molecule has 1 heterocycles. The lowest BCUT2D eigenvalue weighted by Crippen LogP contribution is -2.39. The van der Waals surface area contributed by atoms with Crippen LogP contribution in [0.5, 0.6) is 5.75 Å². The average Bonchev–Trinajstić information content (AvgIpc) is 2.69. The lowest BCUT2D eigenvalue weighted by molar-refractivity contribution is 0.186. The molecular formula is C14H18INO. The van der Waals surface area contributed by atoms with Crippen LogP contribution in [-0.4, -0.2) is 30.1 Å². The van der Waals surface area contributed by atoms with E-state index >= 15 is 0 Å². The van der Waals surface area contributed by atoms with Crippen molar-refractivity contribution in [1.82, 2.24) is 4.90 Å². The maximum atomic E-state index is 10.0. The first-order valence-corrected chi connectivity index (χ1v) is 7.40. The van der Waals surface area contributed by atoms with Gasteiger partial charge in [0.15, 0.2) is 0 Å². The molecule has 0 aromatic heterocycles. The van der Waals surface area contributed by atoms with E-state index in [-0.39, 0.29) is 0 Å². The molecule has 0 amide bonds. The Balaban J connectivity index is 2.06. The lowest BCUT2D eigenvalue weighted by atomic mass is 9.74. The van der Waals surface area contributed by atoms with E-state index in [1.54, 1.807) is 0 Å². The Hall–Kier alpha value is -0.290. The summed E-state index contributed by atoms with van der Waals surface area (Å²) < 4.78 is 1.34. The van der Waals surface area contributed by atoms with Crippen LogP contribution >= 0.6 is 22.6 Å². The Kier molecular flexibility index (Phi) is 2.86. The standard InChI is InChI=1S/C14H18INO/c1-16-8-6-14(7-9-16)5-4-10-12(17)3-2-11(15)13(10)14/h2-3,17H,4-9H2,1H3. The van der Waals surface area contributed by atoms with Crippen LogP contribution in [0.15, 0.2) is 12.1 Å². The van der Waals surface area contributed by atoms with Crippen LogP contribution in [0.2, 0.25) is 0 Å². The Morgan fingerprint density at radius 3 is 2.65 bits per heavy atom. The van der Waals surface area contributed by atoms with Crippen molar-refractivity contribution in [2.45, 2.75) is 31.1 Å². The van der Waals surface area contributed by atoms with Gasteiger partial charge < -0.3 is 10.0 Å². The molecule has 17 heavy (non-hydrogen) atoms. The highest BCUT2D eigenvalue weighted by Gasteiger charge is 2.42. The summed E-state index contributed by atoms with van der Waals surface area (Å²) >= 11 is 2.44. The monoisotopic (exact) mass is 343 g/mol. The second-order valence-electron chi connectivity index (χ2n) is 5.50. The first-order chi connectivity index (χ1) is 8.12. The average molecular weight is 343 g/mol. The number of fused-ring (bicyclic) bond motifs is 2. The number of hydrogen-bond acceptors (Lipinski definition) is 2. The van der Waals surface area contributed by atoms with Crippen molar-refractivity contribution in [3.8, 4) is 5.75 Å². The topological polar surface area (TPSA) is 23.5 Å². The second-order valence-corrected chi connectivity index (χ2v) is 6.67. The third kappa shape index (κ3) is 1.78. The number of phenols is 1. The van der Waals surface area contributed by atoms with Crippen molar-refractivity contribution in [1.29, 1.82) is 0 Å². The van der Waals surface area contributed by atoms with Crippen LogP contribution in [0.1, 0.15) is 30.4 Å². The summed E-state index contributed by atoms with van der Waals surface area (Å²) in [6.45, 7) is 2.37. The van der Waals surface area contributed by atoms with Gasteiger partial charge in [-0.15, -0.1) is 0 Å². The molecular weight excluding hydrogens is 325 g/mol. The molecule has 0 radical (unpaired) electrons. The maximum Gasteiger partial charge on any atom is 0.119 e. The van der Waals surface area contributed by atoms with Crippen molar-refractivity contribution in [3.63, 3.8) is 0 Å². The molecule has 0 unspecified atom stereocenters. The zero-order valence-corrected chi connectivity index (χ0v) is 12.3. The molecule has 2 nitrogen and oxygen atoms in total. The van der Waals surface area contributed by atoms with E-state index in [1.165, 1.54) is 47.0 Å². The van der Waals surface area contributed by atoms with Crippen LogP contribution in [0, 0.1) is 3.57 Å². The zero-order chi connectivity index (χ0) is 12.0. The van der Waals surface area contributed by atoms with Crippen LogP contribution < -0.4 is 0 Å². The third-order valence-corrected chi connectivity index (χ3v) is 5.46. The molecule has 0 atom stereocenters. The highest BCUT2D eigenvalue weighted by Crippen LogP contribution is 2.50. The molecule has 1 fully saturated rings. The first-order valence-electron chi connectivity index (χ1n) is 6.32. The molecule has 3 rings (SSSR count). The number of likely N-dealkylation sites (tertiary alicyclic amines) is 1. The molecule has 0 saturated carbocycles. The van der Waals surface area contributed by atoms with Gasteiger partial charge in [-0.2, -0.15) is 0 Å². The van der Waals surface area contributed by atoms with Gasteiger partial charge in [-0.25, -0.2) is 0 Å². The third-order valence-electron chi connectivity index (χ3n) is 4.57. The number of nitrogens with zero attached hydrogens (tertiary/aromatic N) is 1. The van der Waals surface area contributed by atoms with Gasteiger partial charge in [-0.05, 0) is 97.1 Å². The SMILES string of the molecule is CN1CCC2(CCc3c(O)ccc(I)c32)CC1. The zero-order valence-electron chi connectivity index (χ0n) is 10.2. The Morgan fingerprint density at radius 2 is 1.94 bits per heavy atom. The fourth-order valence-electron chi connectivity index (χ4n) is 3.47. The lowest BCUT2D eigenvalue weighted by Gasteiger charge is -2.39. The second kappa shape index (κ2) is 4.12. The Bertz CT molecular complexity index is 450. The van der Waals surface area contributed by atoms with Gasteiger partial charge in [0.2, 0.25) is 0 Å². The molecule has 3 heteroatoms. The molecule has 1 spiro atoms. The van der Waals surface area contributed by atoms with Gasteiger partial charge in [0.05, 0.1) is 0 Å². The minimum absolute atomic E-state index is 0.358. The minimum Gasteiger partial charge on any atom is -0.508 e. The van der Waals surface area contributed by atoms with Gasteiger partial charge in [0.1, 0.15) is 5.75 Å². The number of aromatic hydroxyl groups is 1. The van der Waals surface area contributed by atoms with Crippen LogP contribution in [-0.2, 0) is 11.8 Å². The van der Waals surface area contributed by atoms with Crippen molar-refractivity contribution in [3.05, 3.63) is 26.8 Å². The van der Waals surface area contributed by atoms with E-state index in [0.29, 0.717) is 11.2 Å². The van der Waals surface area contributed by atoms with E-state index < -0.39 is 0 Å². The summed E-state index contributed by atoms with van der Waals surface area (Å²) in [7, 11) is 2.20. The summed E-state index contributed by atoms with van der Waals surface area (Å²) in [6, 6.07) is 3.93. The summed E-state index contributed by atoms with van der Waals surface area (Å²) in [4.78, 5) is 2.42. The highest BCUT2D eigenvalue weighted by molar-refractivity contribution is 14.1. The molecule has 1 aliphatic heterocycles. The van der Waals surface area contributed by atoms with Crippen molar-refractivity contribution < 1.29 is 5.11 Å². The number of rotatable bonds is 0. The smallest absolute Gasteiger partial charge is 0.119 e. The van der Waals surface area contributed by atoms with Crippen molar-refractivity contribution >= 4 is 22.6 Å². The summed E-state index contributed by atoms with van der Waals surface area (Å²) in [6.07, 6.45) is 4.78. The van der Waals surface area contributed by atoms with E-state index in [9.17, 15) is 5.11 Å². The first kappa shape index (κ1) is 11.8. The summed E-state index contributed by atoms with van der Waals surface area (Å²) in [5.41, 5.74) is 3.05. The Labute approximate surface area is 116 Å². The molecule has 1 aromatic carbocycles. The molecule has 1 saturated heterocycles. The maximum absolute atomic E-state index is 10.0. The molecule has 1 N–H and O–H groups in total. The van der Waals surface area contributed by atoms with Gasteiger partial charge in [-0.3, -0.25) is 0 Å². The molecule has 1 aliphatic carbocycles. The van der Waals surface area contributed by atoms with E-state index in [0.717, 1.165) is 6.42 Å². The normalized spacial score (nSPS) is 22.9. The van der Waals surface area contributed by atoms with Crippen molar-refractivity contribution in [2.24, 2.45) is 0 Å². The molecule has 0 bridgehead atoms. The molecule has 2 aliphatic rings. The highest BCUT2D eigenvalue weighted by atomic mass is 127. The van der Waals surface area contributed by atoms with E-state index in [1.807, 2.05) is 6.07 Å². The van der Waals surface area contributed by atoms with E-state index in [2.05, 4.69) is 40.6 Å². The van der Waals surface area contributed by atoms with Gasteiger partial charge in [-0.1, -0.05) is 0 Å². The molecule has 1 aromatic rings. The fraction of sp³-hybridized carbons (Fsp3) is 0.571. The van der Waals surface area contributed by atoms with Gasteiger partial charge in [0.25, 0.3) is 0 Å². The van der Waals surface area contributed by atoms with Crippen LogP contribution in [0.4, 0.5) is 0 Å². The predicted octanol–water partition coefficient (Wildman–Crippen LogP) is 2.91. The van der Waals surface area contributed by atoms with Crippen LogP contribution in [0.3, 0.4) is 0 Å². The largest absolute Gasteiger partial charge is 0.508 e. The van der Waals surface area contributed by atoms with Crippen molar-refractivity contribution in [2.75, 3.05) is 20.1 Å². The fourth-order valence-corrected chi connectivity index (χ4v) is 4.55. The van der Waals surface area contributed by atoms with Gasteiger partial charge in [0, 0.05) is 3.57 Å². The number of piperidine rings is 1. The Morgan fingerprint density at radius 1 is 1.24 bits per heavy atom. The number of halogens is 1. The minimum atomic E-state index is 0.358. The number of benzene rings is 1. The number of hydrogen-bond donors (Lipinski definition) is 1. The molecule has 92 valence electrons.